The highest BCUT2D eigenvalue weighted by molar-refractivity contribution is 6.31. The molecule has 0 bridgehead atoms. The number of nitrogens with zero attached hydrogens (tertiary/aromatic N) is 5. The number of aromatic nitrogens is 1. The number of benzene rings is 2. The van der Waals surface area contributed by atoms with Gasteiger partial charge < -0.3 is 20.6 Å². The fourth-order valence-electron chi connectivity index (χ4n) is 4.32. The van der Waals surface area contributed by atoms with Gasteiger partial charge in [0, 0.05) is 62.8 Å². The summed E-state index contributed by atoms with van der Waals surface area (Å²) < 4.78 is 31.3. The number of hydrogen-bond donors (Lipinski definition) is 3. The molecule has 40 heavy (non-hydrogen) atoms. The monoisotopic (exact) mass is 569 g/mol. The van der Waals surface area contributed by atoms with Crippen molar-refractivity contribution in [3.63, 3.8) is 0 Å². The topological polar surface area (TPSA) is 125 Å². The number of nitrogens with one attached hydrogen (secondary N) is 2. The fourth-order valence-corrected chi connectivity index (χ4v) is 4.48. The quantitative estimate of drug-likeness (QED) is 0.300. The van der Waals surface area contributed by atoms with Crippen molar-refractivity contribution in [1.82, 2.24) is 15.2 Å². The van der Waals surface area contributed by atoms with Crippen LogP contribution in [0.3, 0.4) is 0 Å². The molecule has 1 aliphatic rings. The van der Waals surface area contributed by atoms with Crippen molar-refractivity contribution < 1.29 is 23.5 Å². The lowest BCUT2D eigenvalue weighted by Gasteiger charge is -2.28. The minimum absolute atomic E-state index is 0.111. The number of urea groups is 1. The molecule has 0 spiro atoms. The van der Waals surface area contributed by atoms with E-state index in [1.807, 2.05) is 6.07 Å². The van der Waals surface area contributed by atoms with Crippen LogP contribution in [0, 0.1) is 23.0 Å². The zero-order valence-corrected chi connectivity index (χ0v) is 22.5. The van der Waals surface area contributed by atoms with Crippen LogP contribution in [0.1, 0.15) is 12.5 Å². The van der Waals surface area contributed by atoms with Crippen LogP contribution < -0.4 is 20.4 Å². The standard InChI is InChI=1S/C27H26ClF2N7O3/c1-3-36-25-20(11-17(28)15-34-25)19-5-4-16(14-31)10-23(19)37(26(36)38)24-21(29)12-18(13-22(24)30)33-7-6-32-8-9-35(2)27(39)40/h4-5,10-13,15,32-33H,3,6-9H2,1-2H3,(H,39,40). The number of carboxylic acid groups (broad SMARTS) is 1. The van der Waals surface area contributed by atoms with E-state index in [2.05, 4.69) is 15.6 Å². The molecule has 13 heteroatoms. The summed E-state index contributed by atoms with van der Waals surface area (Å²) in [7, 11) is 1.45. The molecule has 208 valence electrons. The van der Waals surface area contributed by atoms with Gasteiger partial charge in [-0.15, -0.1) is 0 Å². The van der Waals surface area contributed by atoms with E-state index in [0.717, 1.165) is 21.9 Å². The molecule has 0 saturated carbocycles. The van der Waals surface area contributed by atoms with Gasteiger partial charge in [0.1, 0.15) is 11.5 Å². The first kappa shape index (κ1) is 28.5. The molecule has 0 aliphatic carbocycles. The summed E-state index contributed by atoms with van der Waals surface area (Å²) >= 11 is 6.21. The Bertz CT molecular complexity index is 1470. The Kier molecular flexibility index (Phi) is 8.67. The molecule has 0 unspecified atom stereocenters. The van der Waals surface area contributed by atoms with E-state index in [1.165, 1.54) is 24.2 Å². The molecule has 2 aromatic carbocycles. The molecule has 0 saturated heterocycles. The van der Waals surface area contributed by atoms with Gasteiger partial charge in [-0.1, -0.05) is 17.7 Å². The van der Waals surface area contributed by atoms with E-state index in [-0.39, 0.29) is 35.8 Å². The number of fused-ring (bicyclic) bond motifs is 3. The molecular formula is C27H26ClF2N7O3. The molecule has 0 fully saturated rings. The number of nitriles is 1. The zero-order valence-electron chi connectivity index (χ0n) is 21.7. The van der Waals surface area contributed by atoms with Gasteiger partial charge in [-0.05, 0) is 37.3 Å². The Balaban J connectivity index is 1.66. The molecule has 4 rings (SSSR count). The second-order valence-electron chi connectivity index (χ2n) is 8.90. The van der Waals surface area contributed by atoms with E-state index in [4.69, 9.17) is 16.7 Å². The summed E-state index contributed by atoms with van der Waals surface area (Å²) in [6.45, 7) is 3.26. The number of hydrogen-bond acceptors (Lipinski definition) is 6. The SMILES string of the molecule is CCN1C(=O)N(c2c(F)cc(NCCNCCN(C)C(=O)O)cc2F)c2cc(C#N)ccc2-c2cc(Cl)cnc21. The van der Waals surface area contributed by atoms with Gasteiger partial charge in [0.25, 0.3) is 0 Å². The molecule has 3 amide bonds. The van der Waals surface area contributed by atoms with Crippen LogP contribution in [-0.2, 0) is 0 Å². The van der Waals surface area contributed by atoms with Gasteiger partial charge in [-0.3, -0.25) is 9.80 Å². The highest BCUT2D eigenvalue weighted by atomic mass is 35.5. The average molecular weight is 570 g/mol. The van der Waals surface area contributed by atoms with Crippen LogP contribution in [-0.4, -0.2) is 66.9 Å². The number of rotatable bonds is 9. The Hall–Kier alpha value is -4.47. The normalized spacial score (nSPS) is 12.3. The van der Waals surface area contributed by atoms with E-state index in [0.29, 0.717) is 35.8 Å². The first-order chi connectivity index (χ1) is 19.2. The summed E-state index contributed by atoms with van der Waals surface area (Å²) in [4.78, 5) is 32.3. The third kappa shape index (κ3) is 5.75. The van der Waals surface area contributed by atoms with E-state index in [1.54, 1.807) is 25.1 Å². The maximum atomic E-state index is 15.6. The third-order valence-corrected chi connectivity index (χ3v) is 6.51. The van der Waals surface area contributed by atoms with Crippen molar-refractivity contribution in [2.75, 3.05) is 54.9 Å². The summed E-state index contributed by atoms with van der Waals surface area (Å²) in [5, 5.41) is 24.6. The Morgan fingerprint density at radius 3 is 2.52 bits per heavy atom. The molecule has 3 aromatic rings. The Morgan fingerprint density at radius 2 is 1.88 bits per heavy atom. The lowest BCUT2D eigenvalue weighted by molar-refractivity contribution is 0.156. The van der Waals surface area contributed by atoms with Gasteiger partial charge >= 0.3 is 12.1 Å². The molecule has 0 radical (unpaired) electrons. The molecular weight excluding hydrogens is 544 g/mol. The predicted molar refractivity (Wildman–Crippen MR) is 148 cm³/mol. The minimum Gasteiger partial charge on any atom is -0.465 e. The molecule has 0 atom stereocenters. The largest absolute Gasteiger partial charge is 0.465 e. The van der Waals surface area contributed by atoms with Gasteiger partial charge in [-0.2, -0.15) is 5.26 Å². The molecule has 1 aromatic heterocycles. The summed E-state index contributed by atoms with van der Waals surface area (Å²) in [5.74, 6) is -1.71. The van der Waals surface area contributed by atoms with Crippen LogP contribution in [0.5, 0.6) is 0 Å². The first-order valence-corrected chi connectivity index (χ1v) is 12.7. The van der Waals surface area contributed by atoms with Crippen molar-refractivity contribution in [1.29, 1.82) is 5.26 Å². The smallest absolute Gasteiger partial charge is 0.407 e. The maximum absolute atomic E-state index is 15.6. The van der Waals surface area contributed by atoms with Crippen molar-refractivity contribution in [2.45, 2.75) is 6.92 Å². The van der Waals surface area contributed by atoms with Crippen LogP contribution in [0.25, 0.3) is 11.1 Å². The lowest BCUT2D eigenvalue weighted by Crippen LogP contribution is -2.41. The predicted octanol–water partition coefficient (Wildman–Crippen LogP) is 5.26. The number of carbonyl (C=O) groups is 2. The van der Waals surface area contributed by atoms with Crippen molar-refractivity contribution >= 4 is 46.6 Å². The van der Waals surface area contributed by atoms with E-state index >= 15 is 8.78 Å². The number of amides is 3. The van der Waals surface area contributed by atoms with Gasteiger partial charge in [0.2, 0.25) is 0 Å². The van der Waals surface area contributed by atoms with Gasteiger partial charge in [-0.25, -0.2) is 23.4 Å². The average Bonchev–Trinajstić information content (AvgIpc) is 3.02. The molecule has 2 heterocycles. The zero-order chi connectivity index (χ0) is 29.0. The van der Waals surface area contributed by atoms with Crippen molar-refractivity contribution in [2.24, 2.45) is 0 Å². The Morgan fingerprint density at radius 1 is 1.15 bits per heavy atom. The van der Waals surface area contributed by atoms with Crippen LogP contribution >= 0.6 is 11.6 Å². The van der Waals surface area contributed by atoms with Crippen LogP contribution in [0.15, 0.2) is 42.6 Å². The highest BCUT2D eigenvalue weighted by Crippen LogP contribution is 2.45. The minimum atomic E-state index is -1.04. The fraction of sp³-hybridized carbons (Fsp3) is 0.259. The van der Waals surface area contributed by atoms with Crippen LogP contribution in [0.4, 0.5) is 41.2 Å². The second-order valence-corrected chi connectivity index (χ2v) is 9.34. The summed E-state index contributed by atoms with van der Waals surface area (Å²) in [5.41, 5.74) is 0.762. The van der Waals surface area contributed by atoms with Gasteiger partial charge in [0.05, 0.1) is 22.3 Å². The van der Waals surface area contributed by atoms with Crippen molar-refractivity contribution in [3.05, 3.63) is 64.8 Å². The Labute approximate surface area is 234 Å². The molecule has 3 N–H and O–H groups in total. The number of pyridine rings is 1. The molecule has 1 aliphatic heterocycles. The van der Waals surface area contributed by atoms with Crippen molar-refractivity contribution in [3.8, 4) is 17.2 Å². The van der Waals surface area contributed by atoms with Crippen LogP contribution in [0.2, 0.25) is 5.02 Å². The number of halogens is 3. The number of likely N-dealkylation sites (N-methyl/N-ethyl adjacent to an activating group) is 1. The van der Waals surface area contributed by atoms with E-state index in [9.17, 15) is 14.9 Å². The maximum Gasteiger partial charge on any atom is 0.407 e. The number of carbonyl (C=O) groups excluding carboxylic acids is 1. The highest BCUT2D eigenvalue weighted by Gasteiger charge is 2.36. The lowest BCUT2D eigenvalue weighted by atomic mass is 10.0. The third-order valence-electron chi connectivity index (χ3n) is 6.31. The summed E-state index contributed by atoms with van der Waals surface area (Å²) in [6.07, 6.45) is 0.349. The van der Waals surface area contributed by atoms with E-state index < -0.39 is 29.4 Å². The number of anilines is 4. The first-order valence-electron chi connectivity index (χ1n) is 12.4. The second kappa shape index (κ2) is 12.1. The molecule has 10 nitrogen and oxygen atoms in total. The van der Waals surface area contributed by atoms with Gasteiger partial charge in [0.15, 0.2) is 11.6 Å². The summed E-state index contributed by atoms with van der Waals surface area (Å²) in [6, 6.07) is 9.57.